The van der Waals surface area contributed by atoms with Crippen molar-refractivity contribution in [2.75, 3.05) is 34.2 Å². The van der Waals surface area contributed by atoms with E-state index in [1.807, 2.05) is 0 Å². The smallest absolute Gasteiger partial charge is 0.0109 e. The molecule has 0 aliphatic heterocycles. The van der Waals surface area contributed by atoms with Crippen molar-refractivity contribution in [3.63, 3.8) is 0 Å². The lowest BCUT2D eigenvalue weighted by Crippen LogP contribution is -2.39. The summed E-state index contributed by atoms with van der Waals surface area (Å²) in [5, 5.41) is 0. The molecule has 0 bridgehead atoms. The molecule has 1 aliphatic rings. The van der Waals surface area contributed by atoms with Gasteiger partial charge in [0, 0.05) is 19.1 Å². The molecule has 0 aromatic heterocycles. The summed E-state index contributed by atoms with van der Waals surface area (Å²) in [5.41, 5.74) is 0. The topological polar surface area (TPSA) is 6.48 Å². The van der Waals surface area contributed by atoms with E-state index in [9.17, 15) is 0 Å². The minimum atomic E-state index is 0.846. The average Bonchev–Trinajstić information content (AvgIpc) is 2.14. The molecule has 1 aliphatic carbocycles. The molecule has 84 valence electrons. The fourth-order valence-corrected chi connectivity index (χ4v) is 2.34. The van der Waals surface area contributed by atoms with Crippen molar-refractivity contribution in [1.82, 2.24) is 9.80 Å². The molecule has 14 heavy (non-hydrogen) atoms. The molecule has 2 atom stereocenters. The molecule has 0 heterocycles. The summed E-state index contributed by atoms with van der Waals surface area (Å²) >= 11 is 0. The molecule has 1 rings (SSSR count). The molecule has 2 nitrogen and oxygen atoms in total. The third-order valence-corrected chi connectivity index (χ3v) is 3.43. The number of hydrogen-bond donors (Lipinski definition) is 0. The van der Waals surface area contributed by atoms with E-state index < -0.39 is 0 Å². The highest BCUT2D eigenvalue weighted by Crippen LogP contribution is 2.26. The highest BCUT2D eigenvalue weighted by molar-refractivity contribution is 4.77. The fourth-order valence-electron chi connectivity index (χ4n) is 2.34. The van der Waals surface area contributed by atoms with Crippen LogP contribution in [-0.4, -0.2) is 50.1 Å². The number of nitrogens with zero attached hydrogens (tertiary/aromatic N) is 2. The van der Waals surface area contributed by atoms with E-state index in [1.165, 1.54) is 38.8 Å². The largest absolute Gasteiger partial charge is 0.308 e. The van der Waals surface area contributed by atoms with Crippen LogP contribution in [0.1, 0.15) is 32.6 Å². The normalized spacial score (nSPS) is 28.7. The highest BCUT2D eigenvalue weighted by atomic mass is 15.2. The summed E-state index contributed by atoms with van der Waals surface area (Å²) in [6.07, 6.45) is 5.69. The van der Waals surface area contributed by atoms with E-state index in [4.69, 9.17) is 0 Å². The Morgan fingerprint density at radius 2 is 1.79 bits per heavy atom. The van der Waals surface area contributed by atoms with Crippen molar-refractivity contribution in [1.29, 1.82) is 0 Å². The number of hydrogen-bond acceptors (Lipinski definition) is 2. The lowest BCUT2D eigenvalue weighted by atomic mass is 9.86. The minimum absolute atomic E-state index is 0.846. The zero-order valence-electron chi connectivity index (χ0n) is 10.3. The van der Waals surface area contributed by atoms with Crippen molar-refractivity contribution in [2.45, 2.75) is 38.6 Å². The van der Waals surface area contributed by atoms with Crippen molar-refractivity contribution >= 4 is 0 Å². The summed E-state index contributed by atoms with van der Waals surface area (Å²) < 4.78 is 0. The first kappa shape index (κ1) is 12.0. The van der Waals surface area contributed by atoms with Crippen molar-refractivity contribution in [2.24, 2.45) is 5.92 Å². The third-order valence-electron chi connectivity index (χ3n) is 3.43. The lowest BCUT2D eigenvalue weighted by Gasteiger charge is -2.34. The zero-order valence-corrected chi connectivity index (χ0v) is 10.3. The molecule has 0 amide bonds. The molecular weight excluding hydrogens is 172 g/mol. The van der Waals surface area contributed by atoms with Crippen LogP contribution in [-0.2, 0) is 0 Å². The molecule has 0 aromatic rings. The first-order valence-electron chi connectivity index (χ1n) is 5.94. The second-order valence-electron chi connectivity index (χ2n) is 5.21. The van der Waals surface area contributed by atoms with Crippen molar-refractivity contribution < 1.29 is 0 Å². The first-order chi connectivity index (χ1) is 6.59. The van der Waals surface area contributed by atoms with Gasteiger partial charge in [-0.3, -0.25) is 0 Å². The van der Waals surface area contributed by atoms with Crippen LogP contribution in [0.25, 0.3) is 0 Å². The van der Waals surface area contributed by atoms with E-state index >= 15 is 0 Å². The molecule has 2 heteroatoms. The van der Waals surface area contributed by atoms with Gasteiger partial charge < -0.3 is 9.80 Å². The number of rotatable bonds is 4. The molecule has 0 spiro atoms. The second kappa shape index (κ2) is 5.72. The summed E-state index contributed by atoms with van der Waals surface area (Å²) in [7, 11) is 6.58. The van der Waals surface area contributed by atoms with Crippen molar-refractivity contribution in [3.8, 4) is 0 Å². The zero-order chi connectivity index (χ0) is 10.6. The van der Waals surface area contributed by atoms with Gasteiger partial charge in [-0.05, 0) is 39.9 Å². The van der Waals surface area contributed by atoms with Crippen LogP contribution in [0.5, 0.6) is 0 Å². The maximum Gasteiger partial charge on any atom is 0.0109 e. The Kier molecular flexibility index (Phi) is 4.90. The summed E-state index contributed by atoms with van der Waals surface area (Å²) in [6, 6.07) is 0.846. The SMILES string of the molecule is C[C@H]1CCC[C@@H](N(C)CCN(C)C)C1. The lowest BCUT2D eigenvalue weighted by molar-refractivity contribution is 0.153. The molecule has 1 saturated carbocycles. The Morgan fingerprint density at radius 3 is 2.36 bits per heavy atom. The van der Waals surface area contributed by atoms with Crippen molar-refractivity contribution in [3.05, 3.63) is 0 Å². The van der Waals surface area contributed by atoms with Crippen LogP contribution in [0.2, 0.25) is 0 Å². The maximum atomic E-state index is 2.55. The van der Waals surface area contributed by atoms with Crippen LogP contribution in [0, 0.1) is 5.92 Å². The second-order valence-corrected chi connectivity index (χ2v) is 5.21. The predicted octanol–water partition coefficient (Wildman–Crippen LogP) is 2.06. The van der Waals surface area contributed by atoms with E-state index in [-0.39, 0.29) is 0 Å². The number of likely N-dealkylation sites (N-methyl/N-ethyl adjacent to an activating group) is 2. The van der Waals surface area contributed by atoms with Crippen LogP contribution in [0.15, 0.2) is 0 Å². The van der Waals surface area contributed by atoms with Gasteiger partial charge >= 0.3 is 0 Å². The quantitative estimate of drug-likeness (QED) is 0.682. The Labute approximate surface area is 89.3 Å². The van der Waals surface area contributed by atoms with Gasteiger partial charge in [-0.1, -0.05) is 19.8 Å². The average molecular weight is 198 g/mol. The fraction of sp³-hybridized carbons (Fsp3) is 1.00. The third kappa shape index (κ3) is 3.97. The standard InChI is InChI=1S/C12H26N2/c1-11-6-5-7-12(10-11)14(4)9-8-13(2)3/h11-12H,5-10H2,1-4H3/t11-,12+/m0/s1. The molecule has 0 aromatic carbocycles. The van der Waals surface area contributed by atoms with Gasteiger partial charge in [0.05, 0.1) is 0 Å². The maximum absolute atomic E-state index is 2.55. The summed E-state index contributed by atoms with van der Waals surface area (Å²) in [4.78, 5) is 4.82. The van der Waals surface area contributed by atoms with E-state index in [1.54, 1.807) is 0 Å². The van der Waals surface area contributed by atoms with E-state index in [0.717, 1.165) is 12.0 Å². The van der Waals surface area contributed by atoms with E-state index in [2.05, 4.69) is 37.9 Å². The van der Waals surface area contributed by atoms with Crippen LogP contribution >= 0.6 is 0 Å². The summed E-state index contributed by atoms with van der Waals surface area (Å²) in [6.45, 7) is 4.79. The first-order valence-corrected chi connectivity index (χ1v) is 5.94. The van der Waals surface area contributed by atoms with Crippen LogP contribution < -0.4 is 0 Å². The van der Waals surface area contributed by atoms with Gasteiger partial charge in [-0.15, -0.1) is 0 Å². The Bertz CT molecular complexity index is 156. The molecule has 0 unspecified atom stereocenters. The van der Waals surface area contributed by atoms with Crippen LogP contribution in [0.3, 0.4) is 0 Å². The molecule has 1 fully saturated rings. The summed E-state index contributed by atoms with van der Waals surface area (Å²) in [5.74, 6) is 0.940. The molecule has 0 saturated heterocycles. The monoisotopic (exact) mass is 198 g/mol. The van der Waals surface area contributed by atoms with Gasteiger partial charge in [0.1, 0.15) is 0 Å². The Balaban J connectivity index is 2.25. The molecule has 0 N–H and O–H groups in total. The Hall–Kier alpha value is -0.0800. The minimum Gasteiger partial charge on any atom is -0.308 e. The highest BCUT2D eigenvalue weighted by Gasteiger charge is 2.21. The van der Waals surface area contributed by atoms with Gasteiger partial charge in [-0.25, -0.2) is 0 Å². The van der Waals surface area contributed by atoms with Gasteiger partial charge in [0.2, 0.25) is 0 Å². The predicted molar refractivity (Wildman–Crippen MR) is 62.6 cm³/mol. The van der Waals surface area contributed by atoms with Gasteiger partial charge in [0.25, 0.3) is 0 Å². The molecule has 0 radical (unpaired) electrons. The van der Waals surface area contributed by atoms with E-state index in [0.29, 0.717) is 0 Å². The molecular formula is C12H26N2. The van der Waals surface area contributed by atoms with Crippen LogP contribution in [0.4, 0.5) is 0 Å². The van der Waals surface area contributed by atoms with Gasteiger partial charge in [0.15, 0.2) is 0 Å². The Morgan fingerprint density at radius 1 is 1.07 bits per heavy atom. The van der Waals surface area contributed by atoms with Gasteiger partial charge in [-0.2, -0.15) is 0 Å².